The van der Waals surface area contributed by atoms with E-state index in [1.807, 2.05) is 18.2 Å². The van der Waals surface area contributed by atoms with Crippen molar-refractivity contribution in [2.45, 2.75) is 25.4 Å². The second kappa shape index (κ2) is 5.95. The van der Waals surface area contributed by atoms with Crippen molar-refractivity contribution in [1.82, 2.24) is 14.3 Å². The van der Waals surface area contributed by atoms with Gasteiger partial charge in [0, 0.05) is 18.1 Å². The number of aryl methyl sites for hydroxylation is 1. The maximum atomic E-state index is 12.5. The summed E-state index contributed by atoms with van der Waals surface area (Å²) in [6, 6.07) is 7.22. The molecule has 1 heterocycles. The summed E-state index contributed by atoms with van der Waals surface area (Å²) >= 11 is 6.08. The number of benzene rings is 1. The summed E-state index contributed by atoms with van der Waals surface area (Å²) in [5, 5.41) is 0.658. The van der Waals surface area contributed by atoms with Gasteiger partial charge < -0.3 is 4.98 Å². The van der Waals surface area contributed by atoms with Crippen LogP contribution in [0.3, 0.4) is 0 Å². The average Bonchev–Trinajstić information content (AvgIpc) is 2.85. The van der Waals surface area contributed by atoms with Crippen molar-refractivity contribution in [2.24, 2.45) is 0 Å². The Labute approximate surface area is 123 Å². The Balaban J connectivity index is 2.31. The first kappa shape index (κ1) is 15.0. The quantitative estimate of drug-likeness (QED) is 0.922. The molecule has 2 rings (SSSR count). The zero-order valence-electron chi connectivity index (χ0n) is 11.3. The van der Waals surface area contributed by atoms with E-state index in [1.54, 1.807) is 19.9 Å². The first-order chi connectivity index (χ1) is 9.45. The lowest BCUT2D eigenvalue weighted by Crippen LogP contribution is -2.30. The predicted molar refractivity (Wildman–Crippen MR) is 78.0 cm³/mol. The molecule has 0 aliphatic rings. The molecule has 0 aliphatic carbocycles. The minimum Gasteiger partial charge on any atom is -0.332 e. The number of hydrogen-bond acceptors (Lipinski definition) is 3. The SMILES string of the molecule is CCN(Cc1ccccc1Cl)S(=O)(=O)c1cnc(C)[nH]1. The Hall–Kier alpha value is -1.37. The van der Waals surface area contributed by atoms with Gasteiger partial charge in [-0.15, -0.1) is 0 Å². The zero-order chi connectivity index (χ0) is 14.8. The van der Waals surface area contributed by atoms with Crippen LogP contribution < -0.4 is 0 Å². The molecule has 0 spiro atoms. The number of nitrogens with one attached hydrogen (secondary N) is 1. The van der Waals surface area contributed by atoms with Crippen molar-refractivity contribution < 1.29 is 8.42 Å². The van der Waals surface area contributed by atoms with Crippen molar-refractivity contribution in [2.75, 3.05) is 6.54 Å². The molecule has 0 fully saturated rings. The van der Waals surface area contributed by atoms with E-state index >= 15 is 0 Å². The molecule has 0 amide bonds. The standard InChI is InChI=1S/C13H16ClN3O2S/c1-3-17(9-11-6-4-5-7-12(11)14)20(18,19)13-8-15-10(2)16-13/h4-8H,3,9H2,1-2H3,(H,15,16). The zero-order valence-corrected chi connectivity index (χ0v) is 12.9. The second-order valence-electron chi connectivity index (χ2n) is 4.36. The topological polar surface area (TPSA) is 66.1 Å². The lowest BCUT2D eigenvalue weighted by atomic mass is 10.2. The number of aromatic amines is 1. The number of halogens is 1. The van der Waals surface area contributed by atoms with Gasteiger partial charge in [-0.2, -0.15) is 4.31 Å². The van der Waals surface area contributed by atoms with Gasteiger partial charge in [-0.3, -0.25) is 0 Å². The first-order valence-corrected chi connectivity index (χ1v) is 8.02. The van der Waals surface area contributed by atoms with Crippen LogP contribution in [0.4, 0.5) is 0 Å². The van der Waals surface area contributed by atoms with Gasteiger partial charge in [-0.1, -0.05) is 36.7 Å². The fraction of sp³-hybridized carbons (Fsp3) is 0.308. The molecule has 7 heteroatoms. The summed E-state index contributed by atoms with van der Waals surface area (Å²) in [5.41, 5.74) is 0.774. The average molecular weight is 314 g/mol. The molecule has 0 atom stereocenters. The van der Waals surface area contributed by atoms with Crippen LogP contribution in [-0.4, -0.2) is 29.2 Å². The van der Waals surface area contributed by atoms with Gasteiger partial charge >= 0.3 is 0 Å². The smallest absolute Gasteiger partial charge is 0.260 e. The lowest BCUT2D eigenvalue weighted by Gasteiger charge is -2.20. The fourth-order valence-corrected chi connectivity index (χ4v) is 3.44. The van der Waals surface area contributed by atoms with Gasteiger partial charge in [0.1, 0.15) is 5.82 Å². The molecular formula is C13H16ClN3O2S. The lowest BCUT2D eigenvalue weighted by molar-refractivity contribution is 0.421. The molecule has 0 saturated heterocycles. The third kappa shape index (κ3) is 3.03. The Morgan fingerprint density at radius 1 is 1.35 bits per heavy atom. The maximum Gasteiger partial charge on any atom is 0.260 e. The molecule has 20 heavy (non-hydrogen) atoms. The third-order valence-corrected chi connectivity index (χ3v) is 5.15. The van der Waals surface area contributed by atoms with Gasteiger partial charge in [-0.05, 0) is 18.6 Å². The van der Waals surface area contributed by atoms with Crippen LogP contribution in [0.25, 0.3) is 0 Å². The van der Waals surface area contributed by atoms with Crippen molar-refractivity contribution in [3.05, 3.63) is 46.9 Å². The Morgan fingerprint density at radius 2 is 2.05 bits per heavy atom. The van der Waals surface area contributed by atoms with E-state index in [1.165, 1.54) is 10.5 Å². The highest BCUT2D eigenvalue weighted by Crippen LogP contribution is 2.21. The van der Waals surface area contributed by atoms with Gasteiger partial charge in [0.2, 0.25) is 0 Å². The molecule has 0 radical (unpaired) electrons. The normalized spacial score (nSPS) is 12.0. The van der Waals surface area contributed by atoms with Gasteiger partial charge in [0.05, 0.1) is 6.20 Å². The number of nitrogens with zero attached hydrogens (tertiary/aromatic N) is 2. The summed E-state index contributed by atoms with van der Waals surface area (Å²) in [4.78, 5) is 6.69. The van der Waals surface area contributed by atoms with Gasteiger partial charge in [0.25, 0.3) is 10.0 Å². The molecule has 0 unspecified atom stereocenters. The summed E-state index contributed by atoms with van der Waals surface area (Å²) in [6.45, 7) is 4.09. The predicted octanol–water partition coefficient (Wildman–Crippen LogP) is 2.58. The summed E-state index contributed by atoms with van der Waals surface area (Å²) in [6.07, 6.45) is 1.33. The summed E-state index contributed by atoms with van der Waals surface area (Å²) in [7, 11) is -3.59. The summed E-state index contributed by atoms with van der Waals surface area (Å²) < 4.78 is 26.4. The van der Waals surface area contributed by atoms with E-state index in [9.17, 15) is 8.42 Å². The van der Waals surface area contributed by atoms with E-state index in [0.717, 1.165) is 5.56 Å². The van der Waals surface area contributed by atoms with E-state index < -0.39 is 10.0 Å². The van der Waals surface area contributed by atoms with Crippen molar-refractivity contribution in [1.29, 1.82) is 0 Å². The van der Waals surface area contributed by atoms with Crippen molar-refractivity contribution in [3.8, 4) is 0 Å². The number of H-pyrrole nitrogens is 1. The van der Waals surface area contributed by atoms with Gasteiger partial charge in [-0.25, -0.2) is 13.4 Å². The highest BCUT2D eigenvalue weighted by molar-refractivity contribution is 7.89. The summed E-state index contributed by atoms with van der Waals surface area (Å²) in [5.74, 6) is 0.567. The number of sulfonamides is 1. The number of imidazole rings is 1. The highest BCUT2D eigenvalue weighted by atomic mass is 35.5. The Kier molecular flexibility index (Phi) is 4.47. The fourth-order valence-electron chi connectivity index (χ4n) is 1.85. The van der Waals surface area contributed by atoms with Crippen LogP contribution in [0.2, 0.25) is 5.02 Å². The minimum absolute atomic E-state index is 0.101. The molecule has 0 aliphatic heterocycles. The largest absolute Gasteiger partial charge is 0.332 e. The number of aromatic nitrogens is 2. The molecule has 0 saturated carbocycles. The molecular weight excluding hydrogens is 298 g/mol. The highest BCUT2D eigenvalue weighted by Gasteiger charge is 2.25. The van der Waals surface area contributed by atoms with Crippen molar-refractivity contribution in [3.63, 3.8) is 0 Å². The molecule has 1 N–H and O–H groups in total. The van der Waals surface area contributed by atoms with E-state index in [0.29, 0.717) is 17.4 Å². The molecule has 1 aromatic heterocycles. The second-order valence-corrected chi connectivity index (χ2v) is 6.67. The van der Waals surface area contributed by atoms with E-state index in [4.69, 9.17) is 11.6 Å². The van der Waals surface area contributed by atoms with Crippen LogP contribution in [0, 0.1) is 6.92 Å². The Bertz CT molecular complexity index is 697. The molecule has 108 valence electrons. The van der Waals surface area contributed by atoms with Crippen LogP contribution >= 0.6 is 11.6 Å². The monoisotopic (exact) mass is 313 g/mol. The minimum atomic E-state index is -3.59. The molecule has 5 nitrogen and oxygen atoms in total. The maximum absolute atomic E-state index is 12.5. The molecule has 1 aromatic carbocycles. The first-order valence-electron chi connectivity index (χ1n) is 6.20. The van der Waals surface area contributed by atoms with Crippen molar-refractivity contribution >= 4 is 21.6 Å². The van der Waals surface area contributed by atoms with Crippen LogP contribution in [0.1, 0.15) is 18.3 Å². The number of hydrogen-bond donors (Lipinski definition) is 1. The van der Waals surface area contributed by atoms with E-state index in [2.05, 4.69) is 9.97 Å². The molecule has 2 aromatic rings. The Morgan fingerprint density at radius 3 is 2.60 bits per heavy atom. The number of rotatable bonds is 5. The third-order valence-electron chi connectivity index (χ3n) is 2.95. The molecule has 0 bridgehead atoms. The van der Waals surface area contributed by atoms with E-state index in [-0.39, 0.29) is 11.6 Å². The van der Waals surface area contributed by atoms with Crippen LogP contribution in [0.5, 0.6) is 0 Å². The van der Waals surface area contributed by atoms with Gasteiger partial charge in [0.15, 0.2) is 5.03 Å². The van der Waals surface area contributed by atoms with Crippen LogP contribution in [0.15, 0.2) is 35.5 Å². The van der Waals surface area contributed by atoms with Crippen LogP contribution in [-0.2, 0) is 16.6 Å².